The standard InChI is InChI=1S/C30H30N4O3/c1-19(2)37-28-13-12-22(20-8-10-21(11-9-20)29(35)32-3)17-26(28)30(36)34-24(14-15-31)16-23-18-33-27-7-5-4-6-25(23)27/h4-13,17-19,24,33H,14,16H2,1-3H3,(H,32,35)(H,34,36). The molecule has 0 fully saturated rings. The van der Waals surface area contributed by atoms with Crippen LogP contribution in [0.15, 0.2) is 72.9 Å². The van der Waals surface area contributed by atoms with Gasteiger partial charge in [0.05, 0.1) is 24.2 Å². The molecule has 2 amide bonds. The predicted molar refractivity (Wildman–Crippen MR) is 145 cm³/mol. The number of amides is 2. The van der Waals surface area contributed by atoms with E-state index >= 15 is 0 Å². The van der Waals surface area contributed by atoms with Crippen LogP contribution in [0.3, 0.4) is 0 Å². The lowest BCUT2D eigenvalue weighted by Crippen LogP contribution is -2.36. The Morgan fingerprint density at radius 2 is 1.73 bits per heavy atom. The zero-order chi connectivity index (χ0) is 26.4. The summed E-state index contributed by atoms with van der Waals surface area (Å²) in [7, 11) is 1.59. The van der Waals surface area contributed by atoms with Crippen molar-refractivity contribution in [2.45, 2.75) is 38.8 Å². The lowest BCUT2D eigenvalue weighted by atomic mass is 9.99. The van der Waals surface area contributed by atoms with Gasteiger partial charge in [0.25, 0.3) is 11.8 Å². The van der Waals surface area contributed by atoms with Crippen LogP contribution in [-0.4, -0.2) is 36.0 Å². The zero-order valence-corrected chi connectivity index (χ0v) is 21.2. The van der Waals surface area contributed by atoms with Crippen LogP contribution in [0.1, 0.15) is 46.5 Å². The molecule has 3 aromatic carbocycles. The van der Waals surface area contributed by atoms with Crippen molar-refractivity contribution in [1.82, 2.24) is 15.6 Å². The summed E-state index contributed by atoms with van der Waals surface area (Å²) < 4.78 is 5.94. The molecule has 0 saturated carbocycles. The lowest BCUT2D eigenvalue weighted by molar-refractivity contribution is 0.0929. The van der Waals surface area contributed by atoms with Gasteiger partial charge in [-0.05, 0) is 67.3 Å². The van der Waals surface area contributed by atoms with Gasteiger partial charge in [-0.2, -0.15) is 5.26 Å². The monoisotopic (exact) mass is 494 g/mol. The molecule has 4 rings (SSSR count). The van der Waals surface area contributed by atoms with E-state index in [1.807, 2.05) is 62.5 Å². The van der Waals surface area contributed by atoms with Crippen LogP contribution < -0.4 is 15.4 Å². The van der Waals surface area contributed by atoms with Crippen molar-refractivity contribution in [3.8, 4) is 22.9 Å². The number of fused-ring (bicyclic) bond motifs is 1. The van der Waals surface area contributed by atoms with E-state index in [0.717, 1.165) is 27.6 Å². The van der Waals surface area contributed by atoms with Crippen molar-refractivity contribution in [2.75, 3.05) is 7.05 Å². The van der Waals surface area contributed by atoms with Crippen LogP contribution in [0, 0.1) is 11.3 Å². The summed E-state index contributed by atoms with van der Waals surface area (Å²) in [5.74, 6) is 0.00615. The van der Waals surface area contributed by atoms with Crippen molar-refractivity contribution in [1.29, 1.82) is 5.26 Å². The van der Waals surface area contributed by atoms with Crippen LogP contribution in [0.4, 0.5) is 0 Å². The number of benzene rings is 3. The van der Waals surface area contributed by atoms with Crippen molar-refractivity contribution in [3.63, 3.8) is 0 Å². The first kappa shape index (κ1) is 25.5. The van der Waals surface area contributed by atoms with Crippen LogP contribution in [0.5, 0.6) is 5.75 Å². The van der Waals surface area contributed by atoms with E-state index < -0.39 is 0 Å². The minimum absolute atomic E-state index is 0.120. The molecule has 0 aliphatic rings. The van der Waals surface area contributed by atoms with E-state index in [9.17, 15) is 14.9 Å². The SMILES string of the molecule is CNC(=O)c1ccc(-c2ccc(OC(C)C)c(C(=O)NC(CC#N)Cc3c[nH]c4ccccc34)c2)cc1. The minimum atomic E-state index is -0.376. The summed E-state index contributed by atoms with van der Waals surface area (Å²) in [4.78, 5) is 28.7. The van der Waals surface area contributed by atoms with Crippen LogP contribution in [-0.2, 0) is 6.42 Å². The molecule has 7 heteroatoms. The molecular weight excluding hydrogens is 464 g/mol. The third-order valence-electron chi connectivity index (χ3n) is 6.11. The second-order valence-electron chi connectivity index (χ2n) is 9.13. The van der Waals surface area contributed by atoms with Gasteiger partial charge in [0.2, 0.25) is 0 Å². The molecule has 0 bridgehead atoms. The molecular formula is C30H30N4O3. The molecule has 7 nitrogen and oxygen atoms in total. The highest BCUT2D eigenvalue weighted by Gasteiger charge is 2.20. The number of hydrogen-bond donors (Lipinski definition) is 3. The Morgan fingerprint density at radius 3 is 2.43 bits per heavy atom. The van der Waals surface area contributed by atoms with Gasteiger partial charge in [-0.25, -0.2) is 0 Å². The Morgan fingerprint density at radius 1 is 1.00 bits per heavy atom. The number of nitriles is 1. The number of nitrogens with zero attached hydrogens (tertiary/aromatic N) is 1. The highest BCUT2D eigenvalue weighted by atomic mass is 16.5. The minimum Gasteiger partial charge on any atom is -0.490 e. The number of aromatic nitrogens is 1. The molecule has 0 aliphatic heterocycles. The van der Waals surface area contributed by atoms with Gasteiger partial charge in [-0.15, -0.1) is 0 Å². The molecule has 4 aromatic rings. The Hall–Kier alpha value is -4.57. The molecule has 1 aromatic heterocycles. The topological polar surface area (TPSA) is 107 Å². The Labute approximate surface area is 216 Å². The van der Waals surface area contributed by atoms with Crippen LogP contribution >= 0.6 is 0 Å². The molecule has 0 spiro atoms. The molecule has 1 unspecified atom stereocenters. The number of carbonyl (C=O) groups is 2. The fourth-order valence-corrected chi connectivity index (χ4v) is 4.32. The third kappa shape index (κ3) is 5.99. The van der Waals surface area contributed by atoms with E-state index in [-0.39, 0.29) is 30.4 Å². The number of ether oxygens (including phenoxy) is 1. The Bertz CT molecular complexity index is 1450. The summed E-state index contributed by atoms with van der Waals surface area (Å²) in [5.41, 5.74) is 4.69. The van der Waals surface area contributed by atoms with Crippen LogP contribution in [0.2, 0.25) is 0 Å². The predicted octanol–water partition coefficient (Wildman–Crippen LogP) is 5.24. The van der Waals surface area contributed by atoms with Crippen LogP contribution in [0.25, 0.3) is 22.0 Å². The smallest absolute Gasteiger partial charge is 0.255 e. The summed E-state index contributed by atoms with van der Waals surface area (Å²) in [5, 5.41) is 16.2. The summed E-state index contributed by atoms with van der Waals surface area (Å²) in [6.07, 6.45) is 2.50. The number of rotatable bonds is 9. The largest absolute Gasteiger partial charge is 0.490 e. The fraction of sp³-hybridized carbons (Fsp3) is 0.233. The quantitative estimate of drug-likeness (QED) is 0.296. The average Bonchev–Trinajstić information content (AvgIpc) is 3.31. The zero-order valence-electron chi connectivity index (χ0n) is 21.2. The number of H-pyrrole nitrogens is 1. The highest BCUT2D eigenvalue weighted by Crippen LogP contribution is 2.28. The van der Waals surface area contributed by atoms with Gasteiger partial charge in [-0.1, -0.05) is 36.4 Å². The first-order chi connectivity index (χ1) is 17.9. The number of aromatic amines is 1. The second-order valence-corrected chi connectivity index (χ2v) is 9.13. The molecule has 0 saturated heterocycles. The number of hydrogen-bond acceptors (Lipinski definition) is 4. The maximum absolute atomic E-state index is 13.5. The maximum atomic E-state index is 13.5. The third-order valence-corrected chi connectivity index (χ3v) is 6.11. The van der Waals surface area contributed by atoms with Gasteiger partial charge in [-0.3, -0.25) is 9.59 Å². The first-order valence-electron chi connectivity index (χ1n) is 12.3. The molecule has 1 heterocycles. The lowest BCUT2D eigenvalue weighted by Gasteiger charge is -2.19. The molecule has 188 valence electrons. The molecule has 3 N–H and O–H groups in total. The summed E-state index contributed by atoms with van der Waals surface area (Å²) in [6, 6.07) is 22.4. The number of para-hydroxylation sites is 1. The van der Waals surface area contributed by atoms with Gasteiger partial charge in [0.15, 0.2) is 0 Å². The van der Waals surface area contributed by atoms with E-state index in [1.54, 1.807) is 31.3 Å². The van der Waals surface area contributed by atoms with E-state index in [4.69, 9.17) is 4.74 Å². The fourth-order valence-electron chi connectivity index (χ4n) is 4.32. The van der Waals surface area contributed by atoms with Gasteiger partial charge >= 0.3 is 0 Å². The Balaban J connectivity index is 1.62. The van der Waals surface area contributed by atoms with Crippen molar-refractivity contribution < 1.29 is 14.3 Å². The second kappa shape index (κ2) is 11.4. The van der Waals surface area contributed by atoms with E-state index in [0.29, 0.717) is 23.3 Å². The molecule has 0 aliphatic carbocycles. The normalized spacial score (nSPS) is 11.6. The van der Waals surface area contributed by atoms with Gasteiger partial charge in [0.1, 0.15) is 5.75 Å². The highest BCUT2D eigenvalue weighted by molar-refractivity contribution is 5.99. The first-order valence-corrected chi connectivity index (χ1v) is 12.3. The number of carbonyl (C=O) groups excluding carboxylic acids is 2. The van der Waals surface area contributed by atoms with Crippen molar-refractivity contribution in [3.05, 3.63) is 89.6 Å². The number of nitrogens with one attached hydrogen (secondary N) is 3. The maximum Gasteiger partial charge on any atom is 0.255 e. The molecule has 1 atom stereocenters. The molecule has 0 radical (unpaired) electrons. The summed E-state index contributed by atoms with van der Waals surface area (Å²) >= 11 is 0. The molecule has 37 heavy (non-hydrogen) atoms. The van der Waals surface area contributed by atoms with Gasteiger partial charge in [0, 0.05) is 35.8 Å². The average molecular weight is 495 g/mol. The van der Waals surface area contributed by atoms with Crippen molar-refractivity contribution >= 4 is 22.7 Å². The summed E-state index contributed by atoms with van der Waals surface area (Å²) in [6.45, 7) is 3.81. The van der Waals surface area contributed by atoms with Crippen molar-refractivity contribution in [2.24, 2.45) is 0 Å². The Kier molecular flexibility index (Phi) is 7.89. The van der Waals surface area contributed by atoms with E-state index in [2.05, 4.69) is 21.7 Å². The van der Waals surface area contributed by atoms with Gasteiger partial charge < -0.3 is 20.4 Å². The van der Waals surface area contributed by atoms with E-state index in [1.165, 1.54) is 0 Å².